The van der Waals surface area contributed by atoms with Crippen molar-refractivity contribution in [2.24, 2.45) is 0 Å². The first-order chi connectivity index (χ1) is 16.6. The number of nitrogens with one attached hydrogen (secondary N) is 1. The van der Waals surface area contributed by atoms with Gasteiger partial charge < -0.3 is 10.2 Å². The van der Waals surface area contributed by atoms with Crippen molar-refractivity contribution in [3.63, 3.8) is 0 Å². The van der Waals surface area contributed by atoms with Gasteiger partial charge >= 0.3 is 0 Å². The van der Waals surface area contributed by atoms with Crippen LogP contribution < -0.4 is 9.62 Å². The molecule has 0 aromatic heterocycles. The van der Waals surface area contributed by atoms with Crippen molar-refractivity contribution in [2.45, 2.75) is 59.0 Å². The van der Waals surface area contributed by atoms with Gasteiger partial charge in [0.2, 0.25) is 21.8 Å². The highest BCUT2D eigenvalue weighted by Crippen LogP contribution is 2.20. The normalized spacial score (nSPS) is 12.1. The summed E-state index contributed by atoms with van der Waals surface area (Å²) in [5.74, 6) is -0.924. The van der Waals surface area contributed by atoms with Gasteiger partial charge in [-0.3, -0.25) is 13.9 Å². The zero-order valence-corrected chi connectivity index (χ0v) is 21.8. The lowest BCUT2D eigenvalue weighted by molar-refractivity contribution is -0.140. The number of halogens is 1. The number of carbonyl (C=O) groups is 2. The Morgan fingerprint density at radius 1 is 1.00 bits per heavy atom. The molecule has 2 aromatic carbocycles. The number of carbonyl (C=O) groups excluding carboxylic acids is 2. The molecule has 0 spiro atoms. The van der Waals surface area contributed by atoms with Crippen molar-refractivity contribution < 1.29 is 22.4 Å². The van der Waals surface area contributed by atoms with Crippen LogP contribution in [-0.4, -0.2) is 50.5 Å². The molecule has 0 heterocycles. The SMILES string of the molecule is CCCNC(=O)[C@H](C)N(Cc1ccc(F)cc1)C(=O)CCCN(c1ccc(CC)cc1)S(C)(=O)=O. The van der Waals surface area contributed by atoms with Crippen molar-refractivity contribution in [3.05, 3.63) is 65.5 Å². The van der Waals surface area contributed by atoms with Crippen molar-refractivity contribution in [1.29, 1.82) is 0 Å². The number of benzene rings is 2. The molecule has 0 aliphatic rings. The third kappa shape index (κ3) is 8.65. The van der Waals surface area contributed by atoms with Crippen LogP contribution in [0.25, 0.3) is 0 Å². The van der Waals surface area contributed by atoms with E-state index in [0.29, 0.717) is 17.8 Å². The molecule has 0 saturated carbocycles. The number of sulfonamides is 1. The summed E-state index contributed by atoms with van der Waals surface area (Å²) in [6.07, 6.45) is 3.10. The fourth-order valence-electron chi connectivity index (χ4n) is 3.67. The Kier molecular flexibility index (Phi) is 10.7. The monoisotopic (exact) mass is 505 g/mol. The lowest BCUT2D eigenvalue weighted by Crippen LogP contribution is -2.47. The van der Waals surface area contributed by atoms with Gasteiger partial charge in [0.25, 0.3) is 0 Å². The van der Waals surface area contributed by atoms with Crippen LogP contribution >= 0.6 is 0 Å². The molecule has 9 heteroatoms. The van der Waals surface area contributed by atoms with E-state index in [4.69, 9.17) is 0 Å². The molecule has 7 nitrogen and oxygen atoms in total. The summed E-state index contributed by atoms with van der Waals surface area (Å²) in [6, 6.07) is 12.4. The van der Waals surface area contributed by atoms with Crippen LogP contribution in [-0.2, 0) is 32.6 Å². The molecular formula is C26H36FN3O4S. The third-order valence-corrected chi connectivity index (χ3v) is 6.96. The van der Waals surface area contributed by atoms with Gasteiger partial charge in [0.15, 0.2) is 0 Å². The molecule has 0 unspecified atom stereocenters. The van der Waals surface area contributed by atoms with Gasteiger partial charge in [-0.15, -0.1) is 0 Å². The molecule has 192 valence electrons. The fourth-order valence-corrected chi connectivity index (χ4v) is 4.63. The van der Waals surface area contributed by atoms with Crippen LogP contribution in [0.1, 0.15) is 51.2 Å². The number of hydrogen-bond donors (Lipinski definition) is 1. The topological polar surface area (TPSA) is 86.8 Å². The van der Waals surface area contributed by atoms with Gasteiger partial charge in [-0.05, 0) is 61.6 Å². The minimum absolute atomic E-state index is 0.0612. The quantitative estimate of drug-likeness (QED) is 0.448. The van der Waals surface area contributed by atoms with E-state index in [-0.39, 0.29) is 43.6 Å². The van der Waals surface area contributed by atoms with E-state index >= 15 is 0 Å². The molecule has 0 bridgehead atoms. The lowest BCUT2D eigenvalue weighted by atomic mass is 10.1. The van der Waals surface area contributed by atoms with E-state index in [1.165, 1.54) is 21.3 Å². The molecule has 0 aliphatic carbocycles. The fraction of sp³-hybridized carbons (Fsp3) is 0.462. The van der Waals surface area contributed by atoms with E-state index in [9.17, 15) is 22.4 Å². The van der Waals surface area contributed by atoms with E-state index in [2.05, 4.69) is 5.32 Å². The van der Waals surface area contributed by atoms with Gasteiger partial charge in [-0.1, -0.05) is 38.1 Å². The van der Waals surface area contributed by atoms with Gasteiger partial charge in [0.05, 0.1) is 11.9 Å². The Hall–Kier alpha value is -2.94. The maximum atomic E-state index is 13.3. The predicted octanol–water partition coefficient (Wildman–Crippen LogP) is 3.88. The molecule has 2 amide bonds. The summed E-state index contributed by atoms with van der Waals surface area (Å²) in [4.78, 5) is 27.2. The molecule has 0 fully saturated rings. The smallest absolute Gasteiger partial charge is 0.242 e. The number of hydrogen-bond acceptors (Lipinski definition) is 4. The largest absolute Gasteiger partial charge is 0.354 e. The van der Waals surface area contributed by atoms with Crippen LogP contribution in [0.4, 0.5) is 10.1 Å². The highest BCUT2D eigenvalue weighted by molar-refractivity contribution is 7.92. The van der Waals surface area contributed by atoms with Crippen LogP contribution in [0.2, 0.25) is 0 Å². The minimum atomic E-state index is -3.54. The first kappa shape index (κ1) is 28.3. The van der Waals surface area contributed by atoms with Gasteiger partial charge in [-0.2, -0.15) is 0 Å². The molecule has 0 saturated heterocycles. The molecule has 0 aliphatic heterocycles. The molecule has 0 radical (unpaired) electrons. The van der Waals surface area contributed by atoms with Gasteiger partial charge in [0, 0.05) is 26.1 Å². The van der Waals surface area contributed by atoms with E-state index in [0.717, 1.165) is 24.7 Å². The highest BCUT2D eigenvalue weighted by atomic mass is 32.2. The summed E-state index contributed by atoms with van der Waals surface area (Å²) in [7, 11) is -3.54. The van der Waals surface area contributed by atoms with Crippen LogP contribution in [0.15, 0.2) is 48.5 Å². The van der Waals surface area contributed by atoms with E-state index < -0.39 is 16.1 Å². The average molecular weight is 506 g/mol. The predicted molar refractivity (Wildman–Crippen MR) is 137 cm³/mol. The van der Waals surface area contributed by atoms with Crippen molar-refractivity contribution in [3.8, 4) is 0 Å². The molecule has 1 N–H and O–H groups in total. The van der Waals surface area contributed by atoms with E-state index in [1.807, 2.05) is 26.0 Å². The maximum Gasteiger partial charge on any atom is 0.242 e. The number of nitrogens with zero attached hydrogens (tertiary/aromatic N) is 2. The molecule has 1 atom stereocenters. The zero-order chi connectivity index (χ0) is 26.0. The molecule has 2 aromatic rings. The van der Waals surface area contributed by atoms with Crippen molar-refractivity contribution in [1.82, 2.24) is 10.2 Å². The first-order valence-corrected chi connectivity index (χ1v) is 13.8. The Morgan fingerprint density at radius 3 is 2.14 bits per heavy atom. The van der Waals surface area contributed by atoms with Gasteiger partial charge in [0.1, 0.15) is 11.9 Å². The lowest BCUT2D eigenvalue weighted by Gasteiger charge is -2.29. The summed E-state index contributed by atoms with van der Waals surface area (Å²) in [5.41, 5.74) is 2.35. The zero-order valence-electron chi connectivity index (χ0n) is 21.0. The maximum absolute atomic E-state index is 13.3. The van der Waals surface area contributed by atoms with Crippen LogP contribution in [0.5, 0.6) is 0 Å². The van der Waals surface area contributed by atoms with E-state index in [1.54, 1.807) is 31.2 Å². The average Bonchev–Trinajstić information content (AvgIpc) is 2.83. The van der Waals surface area contributed by atoms with Crippen LogP contribution in [0, 0.1) is 5.82 Å². The van der Waals surface area contributed by atoms with Crippen molar-refractivity contribution >= 4 is 27.5 Å². The van der Waals surface area contributed by atoms with Gasteiger partial charge in [-0.25, -0.2) is 12.8 Å². The van der Waals surface area contributed by atoms with Crippen LogP contribution in [0.3, 0.4) is 0 Å². The standard InChI is InChI=1S/C26H36FN3O4S/c1-5-17-28-26(32)20(3)29(19-22-9-13-23(27)14-10-22)25(31)8-7-18-30(35(4,33)34)24-15-11-21(6-2)12-16-24/h9-16,20H,5-8,17-19H2,1-4H3,(H,28,32)/t20-/m0/s1. The second-order valence-corrected chi connectivity index (χ2v) is 10.5. The summed E-state index contributed by atoms with van der Waals surface area (Å²) < 4.78 is 39.4. The second-order valence-electron chi connectivity index (χ2n) is 8.57. The molecule has 2 rings (SSSR count). The Morgan fingerprint density at radius 2 is 1.60 bits per heavy atom. The molecular weight excluding hydrogens is 469 g/mol. The second kappa shape index (κ2) is 13.2. The summed E-state index contributed by atoms with van der Waals surface area (Å²) >= 11 is 0. The number of amides is 2. The summed E-state index contributed by atoms with van der Waals surface area (Å²) in [6.45, 7) is 6.41. The minimum Gasteiger partial charge on any atom is -0.354 e. The highest BCUT2D eigenvalue weighted by Gasteiger charge is 2.26. The Bertz CT molecular complexity index is 1070. The number of aryl methyl sites for hydroxylation is 1. The number of anilines is 1. The Balaban J connectivity index is 2.14. The number of rotatable bonds is 13. The van der Waals surface area contributed by atoms with Crippen molar-refractivity contribution in [2.75, 3.05) is 23.7 Å². The summed E-state index contributed by atoms with van der Waals surface area (Å²) in [5, 5.41) is 2.81. The Labute approximate surface area is 208 Å². The first-order valence-electron chi connectivity index (χ1n) is 11.9. The molecule has 35 heavy (non-hydrogen) atoms. The third-order valence-electron chi connectivity index (χ3n) is 5.77.